The molecule has 1 aliphatic heterocycles. The lowest BCUT2D eigenvalue weighted by Gasteiger charge is -2.30. The molecule has 5 heteroatoms. The first kappa shape index (κ1) is 15.0. The van der Waals surface area contributed by atoms with Crippen LogP contribution in [0.5, 0.6) is 0 Å². The van der Waals surface area contributed by atoms with Crippen molar-refractivity contribution in [3.05, 3.63) is 29.8 Å². The second-order valence-electron chi connectivity index (χ2n) is 5.53. The topological polar surface area (TPSA) is 63.4 Å². The molecule has 2 rings (SSSR count). The summed E-state index contributed by atoms with van der Waals surface area (Å²) >= 11 is 0. The summed E-state index contributed by atoms with van der Waals surface area (Å²) < 4.78 is 27.1. The molecule has 1 saturated heterocycles. The Morgan fingerprint density at radius 1 is 1.40 bits per heavy atom. The Kier molecular flexibility index (Phi) is 4.19. The van der Waals surface area contributed by atoms with Crippen molar-refractivity contribution >= 4 is 10.0 Å². The first-order chi connectivity index (χ1) is 9.38. The van der Waals surface area contributed by atoms with E-state index in [1.165, 1.54) is 0 Å². The van der Waals surface area contributed by atoms with Gasteiger partial charge in [-0.1, -0.05) is 17.9 Å². The number of hydrogen-bond acceptors (Lipinski definition) is 3. The molecule has 2 N–H and O–H groups in total. The molecular formula is C15H20N2O2S. The summed E-state index contributed by atoms with van der Waals surface area (Å²) in [5.41, 5.74) is 5.69. The summed E-state index contributed by atoms with van der Waals surface area (Å²) in [6.45, 7) is 4.77. The van der Waals surface area contributed by atoms with Gasteiger partial charge in [-0.3, -0.25) is 0 Å². The van der Waals surface area contributed by atoms with Crippen LogP contribution in [0.2, 0.25) is 0 Å². The third-order valence-corrected chi connectivity index (χ3v) is 5.69. The third kappa shape index (κ3) is 2.88. The molecule has 4 nitrogen and oxygen atoms in total. The van der Waals surface area contributed by atoms with Crippen molar-refractivity contribution in [1.82, 2.24) is 4.31 Å². The molecule has 1 aliphatic rings. The van der Waals surface area contributed by atoms with Gasteiger partial charge in [0.1, 0.15) is 0 Å². The first-order valence-corrected chi connectivity index (χ1v) is 8.14. The fraction of sp³-hybridized carbons (Fsp3) is 0.467. The van der Waals surface area contributed by atoms with Gasteiger partial charge in [-0.05, 0) is 44.9 Å². The molecule has 1 fully saturated rings. The van der Waals surface area contributed by atoms with Crippen molar-refractivity contribution < 1.29 is 8.42 Å². The molecule has 1 heterocycles. The van der Waals surface area contributed by atoms with Crippen molar-refractivity contribution in [3.63, 3.8) is 0 Å². The van der Waals surface area contributed by atoms with E-state index in [0.29, 0.717) is 17.0 Å². The van der Waals surface area contributed by atoms with Gasteiger partial charge in [-0.2, -0.15) is 4.31 Å². The molecule has 0 unspecified atom stereocenters. The number of hydrogen-bond donors (Lipinski definition) is 1. The summed E-state index contributed by atoms with van der Waals surface area (Å²) in [6.07, 6.45) is 1.79. The largest absolute Gasteiger partial charge is 0.320 e. The van der Waals surface area contributed by atoms with Gasteiger partial charge >= 0.3 is 0 Å². The molecule has 0 aromatic heterocycles. The number of sulfonamides is 1. The van der Waals surface area contributed by atoms with Gasteiger partial charge < -0.3 is 5.73 Å². The van der Waals surface area contributed by atoms with Crippen LogP contribution in [0.3, 0.4) is 0 Å². The fourth-order valence-electron chi connectivity index (χ4n) is 2.54. The number of nitrogens with zero attached hydrogens (tertiary/aromatic N) is 1. The minimum Gasteiger partial charge on any atom is -0.320 e. The van der Waals surface area contributed by atoms with E-state index >= 15 is 0 Å². The second-order valence-corrected chi connectivity index (χ2v) is 7.39. The molecule has 0 saturated carbocycles. The first-order valence-electron chi connectivity index (χ1n) is 6.70. The van der Waals surface area contributed by atoms with E-state index in [0.717, 1.165) is 12.8 Å². The molecule has 0 bridgehead atoms. The average molecular weight is 292 g/mol. The molecule has 1 aromatic rings. The smallest absolute Gasteiger partial charge is 0.243 e. The van der Waals surface area contributed by atoms with Crippen molar-refractivity contribution in [2.75, 3.05) is 13.1 Å². The van der Waals surface area contributed by atoms with E-state index < -0.39 is 10.0 Å². The predicted octanol–water partition coefficient (Wildman–Crippen LogP) is 1.56. The Hall–Kier alpha value is -1.35. The highest BCUT2D eigenvalue weighted by molar-refractivity contribution is 7.89. The van der Waals surface area contributed by atoms with E-state index in [4.69, 9.17) is 5.73 Å². The molecule has 0 spiro atoms. The Morgan fingerprint density at radius 2 is 2.15 bits per heavy atom. The second kappa shape index (κ2) is 5.57. The molecule has 0 radical (unpaired) electrons. The lowest BCUT2D eigenvalue weighted by atomic mass is 10.0. The Bertz CT molecular complexity index is 654. The summed E-state index contributed by atoms with van der Waals surface area (Å²) in [7, 11) is -3.46. The lowest BCUT2D eigenvalue weighted by Crippen LogP contribution is -2.42. The monoisotopic (exact) mass is 292 g/mol. The summed E-state index contributed by atoms with van der Waals surface area (Å²) in [5.74, 6) is 5.61. The molecule has 0 atom stereocenters. The van der Waals surface area contributed by atoms with Gasteiger partial charge in [0.05, 0.1) is 11.4 Å². The van der Waals surface area contributed by atoms with Crippen molar-refractivity contribution in [3.8, 4) is 11.8 Å². The van der Waals surface area contributed by atoms with Crippen LogP contribution in [0.4, 0.5) is 0 Å². The molecular weight excluding hydrogens is 272 g/mol. The molecule has 0 amide bonds. The lowest BCUT2D eigenvalue weighted by molar-refractivity contribution is 0.291. The van der Waals surface area contributed by atoms with E-state index in [1.54, 1.807) is 28.6 Å². The van der Waals surface area contributed by atoms with Crippen molar-refractivity contribution in [2.24, 2.45) is 5.73 Å². The van der Waals surface area contributed by atoms with Gasteiger partial charge in [-0.25, -0.2) is 8.42 Å². The van der Waals surface area contributed by atoms with Crippen LogP contribution in [-0.4, -0.2) is 31.4 Å². The van der Waals surface area contributed by atoms with Crippen molar-refractivity contribution in [1.29, 1.82) is 0 Å². The van der Waals surface area contributed by atoms with Crippen LogP contribution >= 0.6 is 0 Å². The van der Waals surface area contributed by atoms with Gasteiger partial charge in [0, 0.05) is 17.6 Å². The molecule has 20 heavy (non-hydrogen) atoms. The van der Waals surface area contributed by atoms with Gasteiger partial charge in [-0.15, -0.1) is 0 Å². The van der Waals surface area contributed by atoms with E-state index in [9.17, 15) is 8.42 Å². The zero-order valence-corrected chi connectivity index (χ0v) is 12.7. The molecule has 1 aromatic carbocycles. The van der Waals surface area contributed by atoms with E-state index in [-0.39, 0.29) is 12.1 Å². The SMILES string of the molecule is CC1(C)CCCN1S(=O)(=O)c1cccc(C#CCN)c1. The highest BCUT2D eigenvalue weighted by Gasteiger charge is 2.40. The average Bonchev–Trinajstić information content (AvgIpc) is 2.77. The zero-order valence-electron chi connectivity index (χ0n) is 11.9. The fourth-order valence-corrected chi connectivity index (χ4v) is 4.44. The number of nitrogens with two attached hydrogens (primary N) is 1. The highest BCUT2D eigenvalue weighted by atomic mass is 32.2. The van der Waals surface area contributed by atoms with Gasteiger partial charge in [0.25, 0.3) is 0 Å². The summed E-state index contributed by atoms with van der Waals surface area (Å²) in [5, 5.41) is 0. The van der Waals surface area contributed by atoms with Crippen LogP contribution in [-0.2, 0) is 10.0 Å². The Labute approximate surface area is 121 Å². The van der Waals surface area contributed by atoms with Crippen molar-refractivity contribution in [2.45, 2.75) is 37.1 Å². The maximum absolute atomic E-state index is 12.7. The maximum Gasteiger partial charge on any atom is 0.243 e. The zero-order chi connectivity index (χ0) is 14.8. The third-order valence-electron chi connectivity index (χ3n) is 3.58. The quantitative estimate of drug-likeness (QED) is 0.841. The van der Waals surface area contributed by atoms with E-state index in [1.807, 2.05) is 13.8 Å². The highest BCUT2D eigenvalue weighted by Crippen LogP contribution is 2.33. The normalized spacial score (nSPS) is 18.6. The van der Waals surface area contributed by atoms with Crippen LogP contribution in [0.15, 0.2) is 29.2 Å². The number of benzene rings is 1. The van der Waals surface area contributed by atoms with Gasteiger partial charge in [0.15, 0.2) is 0 Å². The number of rotatable bonds is 2. The summed E-state index contributed by atoms with van der Waals surface area (Å²) in [4.78, 5) is 0.302. The van der Waals surface area contributed by atoms with Crippen LogP contribution < -0.4 is 5.73 Å². The maximum atomic E-state index is 12.7. The Morgan fingerprint density at radius 3 is 2.75 bits per heavy atom. The van der Waals surface area contributed by atoms with Gasteiger partial charge in [0.2, 0.25) is 10.0 Å². The van der Waals surface area contributed by atoms with Crippen LogP contribution in [0.25, 0.3) is 0 Å². The predicted molar refractivity (Wildman–Crippen MR) is 79.6 cm³/mol. The van der Waals surface area contributed by atoms with Crippen LogP contribution in [0, 0.1) is 11.8 Å². The Balaban J connectivity index is 2.40. The minimum atomic E-state index is -3.46. The summed E-state index contributed by atoms with van der Waals surface area (Å²) in [6, 6.07) is 6.75. The minimum absolute atomic E-state index is 0.260. The molecule has 108 valence electrons. The van der Waals surface area contributed by atoms with Crippen LogP contribution in [0.1, 0.15) is 32.3 Å². The molecule has 0 aliphatic carbocycles. The standard InChI is InChI=1S/C15H20N2O2S/c1-15(2)9-5-11-17(15)20(18,19)14-8-3-6-13(12-14)7-4-10-16/h3,6,8,12H,5,9-11,16H2,1-2H3. The van der Waals surface area contributed by atoms with E-state index in [2.05, 4.69) is 11.8 Å².